The number of carbonyl (C=O) groups excluding carboxylic acids is 1. The van der Waals surface area contributed by atoms with Gasteiger partial charge in [0, 0.05) is 16.9 Å². The summed E-state index contributed by atoms with van der Waals surface area (Å²) in [5.41, 5.74) is 1.10. The molecule has 0 N–H and O–H groups in total. The molecule has 0 spiro atoms. The molecule has 0 atom stereocenters. The van der Waals surface area contributed by atoms with Crippen LogP contribution < -0.4 is 0 Å². The Kier molecular flexibility index (Phi) is 5.67. The summed E-state index contributed by atoms with van der Waals surface area (Å²) in [7, 11) is 0. The lowest BCUT2D eigenvalue weighted by atomic mass is 10.1. The van der Waals surface area contributed by atoms with Crippen LogP contribution in [0, 0.1) is 6.92 Å². The topological polar surface area (TPSA) is 20.3 Å². The zero-order valence-corrected chi connectivity index (χ0v) is 12.4. The van der Waals surface area contributed by atoms with Crippen molar-refractivity contribution in [3.63, 3.8) is 0 Å². The van der Waals surface area contributed by atoms with Crippen molar-refractivity contribution in [1.29, 1.82) is 0 Å². The van der Waals surface area contributed by atoms with Gasteiger partial charge >= 0.3 is 6.18 Å². The molecule has 2 nitrogen and oxygen atoms in total. The molecule has 1 aromatic rings. The van der Waals surface area contributed by atoms with Gasteiger partial charge in [0.1, 0.15) is 6.54 Å². The molecule has 0 aromatic heterocycles. The lowest BCUT2D eigenvalue weighted by Gasteiger charge is -2.23. The Morgan fingerprint density at radius 1 is 1.42 bits per heavy atom. The molecule has 0 saturated heterocycles. The average Bonchev–Trinajstić information content (AvgIpc) is 2.26. The van der Waals surface area contributed by atoms with Crippen LogP contribution in [-0.2, 0) is 0 Å². The molecule has 0 heterocycles. The van der Waals surface area contributed by atoms with Gasteiger partial charge in [-0.1, -0.05) is 6.07 Å². The molecule has 0 aliphatic heterocycles. The Labute approximate surface area is 122 Å². The number of amides is 1. The van der Waals surface area contributed by atoms with Gasteiger partial charge in [-0.25, -0.2) is 0 Å². The first-order chi connectivity index (χ1) is 8.74. The molecular formula is C12H12BrClF3NO. The van der Waals surface area contributed by atoms with Gasteiger partial charge in [-0.2, -0.15) is 13.2 Å². The Morgan fingerprint density at radius 3 is 2.53 bits per heavy atom. The molecule has 0 bridgehead atoms. The summed E-state index contributed by atoms with van der Waals surface area (Å²) in [4.78, 5) is 12.8. The van der Waals surface area contributed by atoms with E-state index < -0.39 is 18.6 Å². The van der Waals surface area contributed by atoms with E-state index in [4.69, 9.17) is 11.6 Å². The van der Waals surface area contributed by atoms with E-state index in [2.05, 4.69) is 15.9 Å². The third-order valence-electron chi connectivity index (χ3n) is 2.37. The largest absolute Gasteiger partial charge is 0.406 e. The summed E-state index contributed by atoms with van der Waals surface area (Å²) in [6, 6.07) is 4.85. The molecule has 1 rings (SSSR count). The Hall–Kier alpha value is -0.750. The highest BCUT2D eigenvalue weighted by Gasteiger charge is 2.33. The first-order valence-electron chi connectivity index (χ1n) is 5.42. The van der Waals surface area contributed by atoms with E-state index in [0.29, 0.717) is 9.37 Å². The maximum absolute atomic E-state index is 12.4. The van der Waals surface area contributed by atoms with Crippen molar-refractivity contribution >= 4 is 33.4 Å². The average molecular weight is 359 g/mol. The van der Waals surface area contributed by atoms with Crippen LogP contribution in [0.15, 0.2) is 22.7 Å². The van der Waals surface area contributed by atoms with Crippen LogP contribution in [0.25, 0.3) is 0 Å². The van der Waals surface area contributed by atoms with Crippen LogP contribution in [0.4, 0.5) is 13.2 Å². The van der Waals surface area contributed by atoms with Gasteiger partial charge in [0.25, 0.3) is 5.91 Å². The number of rotatable bonds is 4. The minimum absolute atomic E-state index is 0.0503. The Morgan fingerprint density at radius 2 is 2.05 bits per heavy atom. The van der Waals surface area contributed by atoms with Crippen LogP contribution in [-0.4, -0.2) is 36.0 Å². The molecule has 7 heteroatoms. The van der Waals surface area contributed by atoms with E-state index in [-0.39, 0.29) is 18.0 Å². The van der Waals surface area contributed by atoms with Crippen molar-refractivity contribution in [3.05, 3.63) is 33.8 Å². The van der Waals surface area contributed by atoms with E-state index in [1.54, 1.807) is 12.1 Å². The minimum Gasteiger partial charge on any atom is -0.328 e. The van der Waals surface area contributed by atoms with Gasteiger partial charge in [0.2, 0.25) is 0 Å². The Bertz CT molecular complexity index is 465. The second-order valence-corrected chi connectivity index (χ2v) is 5.25. The zero-order chi connectivity index (χ0) is 14.6. The normalized spacial score (nSPS) is 11.5. The molecule has 19 heavy (non-hydrogen) atoms. The first-order valence-corrected chi connectivity index (χ1v) is 6.75. The van der Waals surface area contributed by atoms with Gasteiger partial charge in [-0.3, -0.25) is 4.79 Å². The quantitative estimate of drug-likeness (QED) is 0.745. The van der Waals surface area contributed by atoms with Gasteiger partial charge in [0.05, 0.1) is 5.56 Å². The summed E-state index contributed by atoms with van der Waals surface area (Å²) in [5.74, 6) is -0.740. The van der Waals surface area contributed by atoms with E-state index >= 15 is 0 Å². The van der Waals surface area contributed by atoms with Crippen molar-refractivity contribution in [1.82, 2.24) is 4.90 Å². The molecule has 0 fully saturated rings. The highest BCUT2D eigenvalue weighted by molar-refractivity contribution is 9.10. The van der Waals surface area contributed by atoms with Gasteiger partial charge in [0.15, 0.2) is 0 Å². The van der Waals surface area contributed by atoms with Crippen molar-refractivity contribution in [2.45, 2.75) is 13.1 Å². The van der Waals surface area contributed by atoms with E-state index in [0.717, 1.165) is 5.56 Å². The number of benzene rings is 1. The number of aryl methyl sites for hydroxylation is 1. The zero-order valence-electron chi connectivity index (χ0n) is 10.1. The fraction of sp³-hybridized carbons (Fsp3) is 0.417. The second-order valence-electron chi connectivity index (χ2n) is 4.01. The number of hydrogen-bond acceptors (Lipinski definition) is 1. The predicted octanol–water partition coefficient (Wildman–Crippen LogP) is 4.00. The van der Waals surface area contributed by atoms with E-state index in [1.807, 2.05) is 6.92 Å². The van der Waals surface area contributed by atoms with Crippen molar-refractivity contribution in [3.8, 4) is 0 Å². The predicted molar refractivity (Wildman–Crippen MR) is 71.6 cm³/mol. The van der Waals surface area contributed by atoms with Crippen LogP contribution in [0.2, 0.25) is 0 Å². The fourth-order valence-electron chi connectivity index (χ4n) is 1.53. The smallest absolute Gasteiger partial charge is 0.328 e. The van der Waals surface area contributed by atoms with Gasteiger partial charge < -0.3 is 4.90 Å². The maximum atomic E-state index is 12.4. The van der Waals surface area contributed by atoms with Crippen molar-refractivity contribution in [2.75, 3.05) is 19.0 Å². The van der Waals surface area contributed by atoms with Crippen LogP contribution >= 0.6 is 27.5 Å². The fourth-order valence-corrected chi connectivity index (χ4v) is 2.40. The molecule has 0 unspecified atom stereocenters. The van der Waals surface area contributed by atoms with Crippen LogP contribution in [0.5, 0.6) is 0 Å². The molecule has 106 valence electrons. The molecule has 1 aromatic carbocycles. The number of halogens is 5. The number of alkyl halides is 4. The molecule has 1 amide bonds. The number of hydrogen-bond donors (Lipinski definition) is 0. The maximum Gasteiger partial charge on any atom is 0.406 e. The molecule has 0 aliphatic rings. The summed E-state index contributed by atoms with van der Waals surface area (Å²) in [5, 5.41) is 0. The summed E-state index contributed by atoms with van der Waals surface area (Å²) >= 11 is 8.63. The molecule has 0 radical (unpaired) electrons. The lowest BCUT2D eigenvalue weighted by molar-refractivity contribution is -0.140. The third kappa shape index (κ3) is 5.03. The highest BCUT2D eigenvalue weighted by atomic mass is 79.9. The van der Waals surface area contributed by atoms with Crippen LogP contribution in [0.1, 0.15) is 15.9 Å². The monoisotopic (exact) mass is 357 g/mol. The Balaban J connectivity index is 2.99. The van der Waals surface area contributed by atoms with Gasteiger partial charge in [-0.15, -0.1) is 11.6 Å². The van der Waals surface area contributed by atoms with Crippen molar-refractivity contribution < 1.29 is 18.0 Å². The minimum atomic E-state index is -4.45. The number of nitrogens with zero attached hydrogens (tertiary/aromatic N) is 1. The second kappa shape index (κ2) is 6.61. The van der Waals surface area contributed by atoms with E-state index in [1.165, 1.54) is 6.07 Å². The van der Waals surface area contributed by atoms with Gasteiger partial charge in [-0.05, 0) is 40.5 Å². The van der Waals surface area contributed by atoms with Crippen molar-refractivity contribution in [2.24, 2.45) is 0 Å². The standard InChI is InChI=1S/C12H12BrClF3NO/c1-8-2-3-9(10(13)6-8)11(19)18(5-4-14)7-12(15,16)17/h2-3,6H,4-5,7H2,1H3. The van der Waals surface area contributed by atoms with E-state index in [9.17, 15) is 18.0 Å². The summed E-state index contributed by atoms with van der Waals surface area (Å²) < 4.78 is 37.7. The number of carbonyl (C=O) groups is 1. The third-order valence-corrected chi connectivity index (χ3v) is 3.19. The molecule has 0 aliphatic carbocycles. The lowest BCUT2D eigenvalue weighted by Crippen LogP contribution is -2.40. The molecular weight excluding hydrogens is 346 g/mol. The SMILES string of the molecule is Cc1ccc(C(=O)N(CCCl)CC(F)(F)F)c(Br)c1. The first kappa shape index (κ1) is 16.3. The summed E-state index contributed by atoms with van der Waals surface area (Å²) in [6.07, 6.45) is -4.45. The molecule has 0 saturated carbocycles. The highest BCUT2D eigenvalue weighted by Crippen LogP contribution is 2.23. The summed E-state index contributed by atoms with van der Waals surface area (Å²) in [6.45, 7) is 0.365. The van der Waals surface area contributed by atoms with Crippen LogP contribution in [0.3, 0.4) is 0 Å².